The van der Waals surface area contributed by atoms with Crippen LogP contribution in [0.1, 0.15) is 11.1 Å². The minimum absolute atomic E-state index is 0.193. The average Bonchev–Trinajstić information content (AvgIpc) is 2.41. The molecule has 0 amide bonds. The summed E-state index contributed by atoms with van der Waals surface area (Å²) >= 11 is 0. The smallest absolute Gasteiger partial charge is 0.262 e. The molecule has 0 aliphatic rings. The molecule has 7 heteroatoms. The molecule has 0 atom stereocenters. The van der Waals surface area contributed by atoms with E-state index in [1.165, 1.54) is 25.1 Å². The Bertz CT molecular complexity index is 843. The van der Waals surface area contributed by atoms with Crippen LogP contribution >= 0.6 is 0 Å². The monoisotopic (exact) mass is 308 g/mol. The van der Waals surface area contributed by atoms with Gasteiger partial charge in [-0.3, -0.25) is 4.72 Å². The fourth-order valence-corrected chi connectivity index (χ4v) is 3.12. The topological polar surface area (TPSA) is 70.0 Å². The highest BCUT2D eigenvalue weighted by atomic mass is 32.2. The maximum Gasteiger partial charge on any atom is 0.262 e. The standard InChI is InChI=1S/C14H10F2N2O2S/c1-9-5-6-10(15)7-14(9)21(19,20)18-13-4-2-3-12(16)11(13)8-17/h2-7,18H,1H3. The quantitative estimate of drug-likeness (QED) is 0.947. The Morgan fingerprint density at radius 3 is 2.57 bits per heavy atom. The second-order valence-electron chi connectivity index (χ2n) is 4.29. The molecule has 21 heavy (non-hydrogen) atoms. The summed E-state index contributed by atoms with van der Waals surface area (Å²) in [6, 6.07) is 8.48. The van der Waals surface area contributed by atoms with Crippen LogP contribution in [0.2, 0.25) is 0 Å². The van der Waals surface area contributed by atoms with Crippen LogP contribution < -0.4 is 4.72 Å². The summed E-state index contributed by atoms with van der Waals surface area (Å²) in [6.45, 7) is 1.50. The molecule has 0 saturated heterocycles. The summed E-state index contributed by atoms with van der Waals surface area (Å²) in [5.41, 5.74) is -0.282. The van der Waals surface area contributed by atoms with E-state index in [2.05, 4.69) is 4.72 Å². The third kappa shape index (κ3) is 3.01. The van der Waals surface area contributed by atoms with E-state index < -0.39 is 27.2 Å². The molecule has 108 valence electrons. The zero-order valence-corrected chi connectivity index (χ0v) is 11.7. The molecule has 0 radical (unpaired) electrons. The minimum Gasteiger partial charge on any atom is -0.278 e. The predicted molar refractivity (Wildman–Crippen MR) is 73.1 cm³/mol. The summed E-state index contributed by atoms with van der Waals surface area (Å²) in [6.07, 6.45) is 0. The number of benzene rings is 2. The summed E-state index contributed by atoms with van der Waals surface area (Å²) in [4.78, 5) is -0.268. The van der Waals surface area contributed by atoms with Crippen LogP contribution in [0.15, 0.2) is 41.3 Å². The van der Waals surface area contributed by atoms with Crippen LogP contribution in [0.5, 0.6) is 0 Å². The van der Waals surface area contributed by atoms with Gasteiger partial charge in [0, 0.05) is 0 Å². The van der Waals surface area contributed by atoms with Gasteiger partial charge in [0.05, 0.1) is 10.6 Å². The van der Waals surface area contributed by atoms with Crippen molar-refractivity contribution in [1.82, 2.24) is 0 Å². The molecular weight excluding hydrogens is 298 g/mol. The lowest BCUT2D eigenvalue weighted by molar-refractivity contribution is 0.594. The highest BCUT2D eigenvalue weighted by Crippen LogP contribution is 2.23. The van der Waals surface area contributed by atoms with Gasteiger partial charge in [-0.1, -0.05) is 12.1 Å². The minimum atomic E-state index is -4.12. The van der Waals surface area contributed by atoms with Crippen LogP contribution in [-0.2, 0) is 10.0 Å². The first-order chi connectivity index (χ1) is 9.85. The number of halogens is 2. The maximum absolute atomic E-state index is 13.5. The van der Waals surface area contributed by atoms with Crippen molar-refractivity contribution in [1.29, 1.82) is 5.26 Å². The molecule has 0 saturated carbocycles. The van der Waals surface area contributed by atoms with Crippen LogP contribution in [0.3, 0.4) is 0 Å². The van der Waals surface area contributed by atoms with E-state index in [1.807, 2.05) is 0 Å². The third-order valence-electron chi connectivity index (χ3n) is 2.81. The summed E-state index contributed by atoms with van der Waals surface area (Å²) in [5.74, 6) is -1.55. The van der Waals surface area contributed by atoms with E-state index in [0.717, 1.165) is 18.2 Å². The van der Waals surface area contributed by atoms with Gasteiger partial charge in [0.25, 0.3) is 10.0 Å². The Morgan fingerprint density at radius 2 is 1.90 bits per heavy atom. The normalized spacial score (nSPS) is 11.0. The Morgan fingerprint density at radius 1 is 1.19 bits per heavy atom. The molecule has 0 fully saturated rings. The van der Waals surface area contributed by atoms with E-state index in [9.17, 15) is 17.2 Å². The van der Waals surface area contributed by atoms with Crippen LogP contribution in [0.4, 0.5) is 14.5 Å². The molecule has 0 spiro atoms. The number of nitrogens with zero attached hydrogens (tertiary/aromatic N) is 1. The second-order valence-corrected chi connectivity index (χ2v) is 5.94. The highest BCUT2D eigenvalue weighted by molar-refractivity contribution is 7.92. The van der Waals surface area contributed by atoms with Gasteiger partial charge in [0.2, 0.25) is 0 Å². The van der Waals surface area contributed by atoms with E-state index in [4.69, 9.17) is 5.26 Å². The van der Waals surface area contributed by atoms with Crippen molar-refractivity contribution >= 4 is 15.7 Å². The molecule has 4 nitrogen and oxygen atoms in total. The SMILES string of the molecule is Cc1ccc(F)cc1S(=O)(=O)Nc1cccc(F)c1C#N. The van der Waals surface area contributed by atoms with Gasteiger partial charge in [-0.2, -0.15) is 5.26 Å². The first kappa shape index (κ1) is 14.9. The van der Waals surface area contributed by atoms with Gasteiger partial charge in [-0.05, 0) is 36.8 Å². The first-order valence-corrected chi connectivity index (χ1v) is 7.31. The Hall–Kier alpha value is -2.46. The molecule has 0 aliphatic carbocycles. The van der Waals surface area contributed by atoms with Crippen molar-refractivity contribution in [3.05, 3.63) is 59.2 Å². The number of rotatable bonds is 3. The predicted octanol–water partition coefficient (Wildman–Crippen LogP) is 2.95. The third-order valence-corrected chi connectivity index (χ3v) is 4.32. The Balaban J connectivity index is 2.51. The van der Waals surface area contributed by atoms with Crippen LogP contribution in [0, 0.1) is 29.9 Å². The largest absolute Gasteiger partial charge is 0.278 e. The van der Waals surface area contributed by atoms with E-state index in [1.54, 1.807) is 6.07 Å². The van der Waals surface area contributed by atoms with E-state index >= 15 is 0 Å². The van der Waals surface area contributed by atoms with E-state index in [-0.39, 0.29) is 10.6 Å². The molecule has 0 aliphatic heterocycles. The molecule has 1 N–H and O–H groups in total. The molecule has 0 unspecified atom stereocenters. The lowest BCUT2D eigenvalue weighted by atomic mass is 10.2. The highest BCUT2D eigenvalue weighted by Gasteiger charge is 2.20. The van der Waals surface area contributed by atoms with Crippen molar-refractivity contribution in [2.24, 2.45) is 0 Å². The zero-order chi connectivity index (χ0) is 15.6. The maximum atomic E-state index is 13.5. The van der Waals surface area contributed by atoms with Crippen molar-refractivity contribution in [3.8, 4) is 6.07 Å². The number of aryl methyl sites for hydroxylation is 1. The number of anilines is 1. The number of sulfonamides is 1. The van der Waals surface area contributed by atoms with Gasteiger partial charge in [-0.25, -0.2) is 17.2 Å². The summed E-state index contributed by atoms with van der Waals surface area (Å²) < 4.78 is 53.3. The van der Waals surface area contributed by atoms with Gasteiger partial charge in [0.15, 0.2) is 0 Å². The molecule has 0 heterocycles. The van der Waals surface area contributed by atoms with Crippen molar-refractivity contribution in [2.45, 2.75) is 11.8 Å². The van der Waals surface area contributed by atoms with Crippen LogP contribution in [0.25, 0.3) is 0 Å². The number of hydrogen-bond donors (Lipinski definition) is 1. The van der Waals surface area contributed by atoms with Gasteiger partial charge in [-0.15, -0.1) is 0 Å². The molecule has 0 bridgehead atoms. The molecule has 2 aromatic rings. The Labute approximate surface area is 120 Å². The fraction of sp³-hybridized carbons (Fsp3) is 0.0714. The molecule has 2 aromatic carbocycles. The van der Waals surface area contributed by atoms with E-state index in [0.29, 0.717) is 5.56 Å². The van der Waals surface area contributed by atoms with Gasteiger partial charge >= 0.3 is 0 Å². The zero-order valence-electron chi connectivity index (χ0n) is 10.9. The fourth-order valence-electron chi connectivity index (χ4n) is 1.79. The number of hydrogen-bond acceptors (Lipinski definition) is 3. The van der Waals surface area contributed by atoms with Gasteiger partial charge in [0.1, 0.15) is 23.3 Å². The number of nitriles is 1. The van der Waals surface area contributed by atoms with Crippen molar-refractivity contribution in [2.75, 3.05) is 4.72 Å². The van der Waals surface area contributed by atoms with Crippen molar-refractivity contribution < 1.29 is 17.2 Å². The van der Waals surface area contributed by atoms with Crippen molar-refractivity contribution in [3.63, 3.8) is 0 Å². The molecule has 0 aromatic heterocycles. The molecule has 2 rings (SSSR count). The lowest BCUT2D eigenvalue weighted by Gasteiger charge is -2.11. The number of nitrogens with one attached hydrogen (secondary N) is 1. The molecular formula is C14H10F2N2O2S. The first-order valence-electron chi connectivity index (χ1n) is 5.83. The average molecular weight is 308 g/mol. The Kier molecular flexibility index (Phi) is 3.91. The van der Waals surface area contributed by atoms with Crippen LogP contribution in [-0.4, -0.2) is 8.42 Å². The summed E-state index contributed by atoms with van der Waals surface area (Å²) in [7, 11) is -4.12. The summed E-state index contributed by atoms with van der Waals surface area (Å²) in [5, 5.41) is 8.88. The second kappa shape index (κ2) is 5.50. The van der Waals surface area contributed by atoms with Gasteiger partial charge < -0.3 is 0 Å². The lowest BCUT2D eigenvalue weighted by Crippen LogP contribution is -2.15.